The summed E-state index contributed by atoms with van der Waals surface area (Å²) in [7, 11) is 1.49. The minimum atomic E-state index is -1.13. The molecule has 0 unspecified atom stereocenters. The number of carboxylic acids is 1. The Morgan fingerprint density at radius 3 is 2.67 bits per heavy atom. The monoisotopic (exact) mass is 291 g/mol. The van der Waals surface area contributed by atoms with Crippen LogP contribution in [-0.2, 0) is 6.54 Å². The number of methoxy groups -OCH3 is 1. The maximum absolute atomic E-state index is 13.6. The molecule has 0 radical (unpaired) electrons. The van der Waals surface area contributed by atoms with Crippen LogP contribution >= 0.6 is 0 Å². The fourth-order valence-corrected chi connectivity index (χ4v) is 1.80. The zero-order valence-corrected chi connectivity index (χ0v) is 11.3. The maximum atomic E-state index is 13.6. The molecule has 6 heteroatoms. The van der Waals surface area contributed by atoms with E-state index in [0.29, 0.717) is 11.3 Å². The van der Waals surface area contributed by atoms with Gasteiger partial charge in [0.05, 0.1) is 18.4 Å². The summed E-state index contributed by atoms with van der Waals surface area (Å²) in [5.41, 5.74) is 0.582. The summed E-state index contributed by atoms with van der Waals surface area (Å²) in [6.45, 7) is 0.149. The van der Waals surface area contributed by atoms with E-state index in [1.54, 1.807) is 12.1 Å². The molecule has 0 saturated carbocycles. The molecule has 2 aromatic carbocycles. The molecule has 0 aromatic heterocycles. The molecular weight excluding hydrogens is 277 g/mol. The summed E-state index contributed by atoms with van der Waals surface area (Å²) in [6.07, 6.45) is 0. The highest BCUT2D eigenvalue weighted by Crippen LogP contribution is 2.25. The molecule has 0 saturated heterocycles. The number of carboxylic acid groups (broad SMARTS) is 1. The molecule has 0 heterocycles. The van der Waals surface area contributed by atoms with E-state index in [9.17, 15) is 14.3 Å². The topological polar surface area (TPSA) is 78.8 Å². The van der Waals surface area contributed by atoms with Crippen LogP contribution in [-0.4, -0.2) is 23.3 Å². The molecule has 0 aliphatic rings. The molecule has 2 aromatic rings. The lowest BCUT2D eigenvalue weighted by molar-refractivity contribution is 0.0697. The van der Waals surface area contributed by atoms with Crippen molar-refractivity contribution in [2.45, 2.75) is 6.54 Å². The summed E-state index contributed by atoms with van der Waals surface area (Å²) in [5.74, 6) is -1.18. The van der Waals surface area contributed by atoms with Gasteiger partial charge < -0.3 is 20.3 Å². The Morgan fingerprint density at radius 2 is 2.05 bits per heavy atom. The van der Waals surface area contributed by atoms with Gasteiger partial charge in [-0.1, -0.05) is 0 Å². The molecule has 0 atom stereocenters. The quantitative estimate of drug-likeness (QED) is 0.789. The summed E-state index contributed by atoms with van der Waals surface area (Å²) >= 11 is 0. The number of anilines is 1. The van der Waals surface area contributed by atoms with E-state index in [2.05, 4.69) is 5.32 Å². The van der Waals surface area contributed by atoms with E-state index in [0.717, 1.165) is 6.07 Å². The molecule has 0 aliphatic heterocycles. The highest BCUT2D eigenvalue weighted by Gasteiger charge is 2.09. The van der Waals surface area contributed by atoms with Crippen molar-refractivity contribution in [3.05, 3.63) is 53.3 Å². The summed E-state index contributed by atoms with van der Waals surface area (Å²) in [4.78, 5) is 10.9. The zero-order chi connectivity index (χ0) is 15.4. The third kappa shape index (κ3) is 3.42. The molecule has 2 rings (SSSR count). The van der Waals surface area contributed by atoms with E-state index >= 15 is 0 Å². The van der Waals surface area contributed by atoms with Gasteiger partial charge in [0.15, 0.2) is 0 Å². The van der Waals surface area contributed by atoms with Gasteiger partial charge in [0.1, 0.15) is 17.3 Å². The second kappa shape index (κ2) is 6.13. The minimum Gasteiger partial charge on any atom is -0.507 e. The van der Waals surface area contributed by atoms with Crippen LogP contribution in [0.3, 0.4) is 0 Å². The number of hydrogen-bond donors (Lipinski definition) is 3. The van der Waals surface area contributed by atoms with Crippen molar-refractivity contribution in [2.24, 2.45) is 0 Å². The molecule has 5 nitrogen and oxygen atoms in total. The number of carbonyl (C=O) groups is 1. The summed E-state index contributed by atoms with van der Waals surface area (Å²) in [5, 5.41) is 21.5. The second-order valence-electron chi connectivity index (χ2n) is 4.35. The first-order valence-electron chi connectivity index (χ1n) is 6.14. The van der Waals surface area contributed by atoms with Gasteiger partial charge in [0.2, 0.25) is 0 Å². The predicted octanol–water partition coefficient (Wildman–Crippen LogP) is 2.85. The van der Waals surface area contributed by atoms with Gasteiger partial charge in [-0.2, -0.15) is 0 Å². The van der Waals surface area contributed by atoms with Gasteiger partial charge >= 0.3 is 5.97 Å². The van der Waals surface area contributed by atoms with Crippen molar-refractivity contribution in [1.29, 1.82) is 0 Å². The van der Waals surface area contributed by atoms with Crippen LogP contribution in [0, 0.1) is 5.82 Å². The van der Waals surface area contributed by atoms with Gasteiger partial charge in [-0.3, -0.25) is 0 Å². The van der Waals surface area contributed by atoms with Crippen molar-refractivity contribution >= 4 is 11.7 Å². The first kappa shape index (κ1) is 14.6. The fraction of sp³-hybridized carbons (Fsp3) is 0.133. The Labute approximate surface area is 120 Å². The number of rotatable bonds is 5. The average molecular weight is 291 g/mol. The number of phenols is 1. The molecule has 110 valence electrons. The van der Waals surface area contributed by atoms with E-state index in [4.69, 9.17) is 9.84 Å². The Morgan fingerprint density at radius 1 is 1.29 bits per heavy atom. The zero-order valence-electron chi connectivity index (χ0n) is 11.3. The Balaban J connectivity index is 2.16. The van der Waals surface area contributed by atoms with E-state index in [1.165, 1.54) is 25.3 Å². The molecule has 3 N–H and O–H groups in total. The van der Waals surface area contributed by atoms with Gasteiger partial charge in [0.25, 0.3) is 0 Å². The van der Waals surface area contributed by atoms with Crippen molar-refractivity contribution in [3.63, 3.8) is 0 Å². The standard InChI is InChI=1S/C15H14FNO4/c1-21-11-4-2-10(14(18)7-11)8-17-13-6-9(15(19)20)3-5-12(13)16/h2-7,17-18H,8H2,1H3,(H,19,20). The van der Waals surface area contributed by atoms with Crippen LogP contribution < -0.4 is 10.1 Å². The summed E-state index contributed by atoms with van der Waals surface area (Å²) < 4.78 is 18.6. The number of aromatic hydroxyl groups is 1. The third-order valence-electron chi connectivity index (χ3n) is 2.98. The first-order chi connectivity index (χ1) is 10.0. The highest BCUT2D eigenvalue weighted by molar-refractivity contribution is 5.88. The lowest BCUT2D eigenvalue weighted by Gasteiger charge is -2.10. The van der Waals surface area contributed by atoms with Crippen molar-refractivity contribution in [3.8, 4) is 11.5 Å². The fourth-order valence-electron chi connectivity index (χ4n) is 1.80. The number of hydrogen-bond acceptors (Lipinski definition) is 4. The maximum Gasteiger partial charge on any atom is 0.335 e. The third-order valence-corrected chi connectivity index (χ3v) is 2.98. The molecule has 0 bridgehead atoms. The molecule has 21 heavy (non-hydrogen) atoms. The molecule has 0 spiro atoms. The minimum absolute atomic E-state index is 0.0108. The second-order valence-corrected chi connectivity index (χ2v) is 4.35. The highest BCUT2D eigenvalue weighted by atomic mass is 19.1. The molecule has 0 amide bonds. The number of nitrogens with one attached hydrogen (secondary N) is 1. The van der Waals surface area contributed by atoms with Crippen LogP contribution in [0.5, 0.6) is 11.5 Å². The van der Waals surface area contributed by atoms with Gasteiger partial charge in [-0.25, -0.2) is 9.18 Å². The van der Waals surface area contributed by atoms with Gasteiger partial charge in [0, 0.05) is 18.2 Å². The van der Waals surface area contributed by atoms with Crippen molar-refractivity contribution in [1.82, 2.24) is 0 Å². The van der Waals surface area contributed by atoms with Gasteiger partial charge in [-0.15, -0.1) is 0 Å². The van der Waals surface area contributed by atoms with Crippen molar-refractivity contribution in [2.75, 3.05) is 12.4 Å². The van der Waals surface area contributed by atoms with E-state index < -0.39 is 11.8 Å². The predicted molar refractivity (Wildman–Crippen MR) is 75.3 cm³/mol. The van der Waals surface area contributed by atoms with Crippen LogP contribution in [0.4, 0.5) is 10.1 Å². The van der Waals surface area contributed by atoms with Crippen LogP contribution in [0.1, 0.15) is 15.9 Å². The van der Waals surface area contributed by atoms with E-state index in [1.807, 2.05) is 0 Å². The molecule has 0 fully saturated rings. The smallest absolute Gasteiger partial charge is 0.335 e. The Kier molecular flexibility index (Phi) is 4.27. The normalized spacial score (nSPS) is 10.2. The molecular formula is C15H14FNO4. The number of halogens is 1. The van der Waals surface area contributed by atoms with Crippen LogP contribution in [0.25, 0.3) is 0 Å². The number of ether oxygens (including phenoxy) is 1. The van der Waals surface area contributed by atoms with E-state index in [-0.39, 0.29) is 23.5 Å². The SMILES string of the molecule is COc1ccc(CNc2cc(C(=O)O)ccc2F)c(O)c1. The average Bonchev–Trinajstić information content (AvgIpc) is 2.47. The Hall–Kier alpha value is -2.76. The lowest BCUT2D eigenvalue weighted by atomic mass is 10.1. The molecule has 0 aliphatic carbocycles. The Bertz CT molecular complexity index is 673. The number of aromatic carboxylic acids is 1. The largest absolute Gasteiger partial charge is 0.507 e. The number of phenolic OH excluding ortho intramolecular Hbond substituents is 1. The first-order valence-corrected chi connectivity index (χ1v) is 6.14. The van der Waals surface area contributed by atoms with Gasteiger partial charge in [-0.05, 0) is 30.3 Å². The number of benzene rings is 2. The van der Waals surface area contributed by atoms with Crippen molar-refractivity contribution < 1.29 is 24.1 Å². The van der Waals surface area contributed by atoms with Crippen LogP contribution in [0.15, 0.2) is 36.4 Å². The van der Waals surface area contributed by atoms with Crippen LogP contribution in [0.2, 0.25) is 0 Å². The summed E-state index contributed by atoms with van der Waals surface area (Å²) in [6, 6.07) is 8.23. The lowest BCUT2D eigenvalue weighted by Crippen LogP contribution is -2.04.